The monoisotopic (exact) mass is 244 g/mol. The zero-order valence-electron chi connectivity index (χ0n) is 8.34. The average Bonchev–Trinajstić information content (AvgIpc) is 2.75. The minimum absolute atomic E-state index is 0.156. The molecule has 1 aromatic heterocycles. The minimum atomic E-state index is 0.156. The van der Waals surface area contributed by atoms with Gasteiger partial charge in [-0.15, -0.1) is 0 Å². The normalized spacial score (nSPS) is 10.8. The quantitative estimate of drug-likeness (QED) is 0.632. The van der Waals surface area contributed by atoms with Crippen LogP contribution in [0.25, 0.3) is 21.2 Å². The van der Waals surface area contributed by atoms with Crippen LogP contribution in [0.1, 0.15) is 0 Å². The summed E-state index contributed by atoms with van der Waals surface area (Å²) < 4.78 is 0.156. The third-order valence-electron chi connectivity index (χ3n) is 2.49. The summed E-state index contributed by atoms with van der Waals surface area (Å²) in [6.45, 7) is 0. The smallest absolute Gasteiger partial charge is 0.265 e. The summed E-state index contributed by atoms with van der Waals surface area (Å²) in [5.74, 6) is 0. The van der Waals surface area contributed by atoms with E-state index in [2.05, 4.69) is 30.3 Å². The minimum Gasteiger partial charge on any atom is -0.265 e. The molecule has 3 rings (SSSR count). The molecule has 0 spiro atoms. The van der Waals surface area contributed by atoms with Crippen LogP contribution in [0.3, 0.4) is 0 Å². The molecule has 78 valence electrons. The Balaban J connectivity index is 2.22. The van der Waals surface area contributed by atoms with Crippen LogP contribution >= 0.6 is 22.7 Å². The predicted octanol–water partition coefficient (Wildman–Crippen LogP) is 3.99. The molecule has 0 saturated heterocycles. The summed E-state index contributed by atoms with van der Waals surface area (Å²) >= 11 is 2.58. The first-order valence-electron chi connectivity index (χ1n) is 4.91. The van der Waals surface area contributed by atoms with E-state index < -0.39 is 0 Å². The highest BCUT2D eigenvalue weighted by Gasteiger charge is 2.02. The van der Waals surface area contributed by atoms with Gasteiger partial charge in [0, 0.05) is 10.3 Å². The van der Waals surface area contributed by atoms with Crippen molar-refractivity contribution in [2.24, 2.45) is 0 Å². The van der Waals surface area contributed by atoms with Gasteiger partial charge < -0.3 is 0 Å². The fraction of sp³-hybridized carbons (Fsp3) is 0. The molecule has 1 heterocycles. The van der Waals surface area contributed by atoms with Crippen LogP contribution in [-0.4, -0.2) is 0 Å². The Bertz CT molecular complexity index is 694. The molecule has 0 saturated carbocycles. The van der Waals surface area contributed by atoms with Crippen LogP contribution in [0.2, 0.25) is 0 Å². The van der Waals surface area contributed by atoms with Gasteiger partial charge in [-0.2, -0.15) is 0 Å². The van der Waals surface area contributed by atoms with Crippen molar-refractivity contribution in [2.75, 3.05) is 0 Å². The molecule has 0 N–H and O–H groups in total. The molecule has 0 aliphatic heterocycles. The van der Waals surface area contributed by atoms with Gasteiger partial charge in [-0.1, -0.05) is 59.1 Å². The zero-order valence-corrected chi connectivity index (χ0v) is 9.98. The first kappa shape index (κ1) is 9.75. The van der Waals surface area contributed by atoms with E-state index in [0.29, 0.717) is 0 Å². The standard InChI is InChI=1S/C13H8OS2/c14-13-15-8-12(16-13)11-6-5-9-3-1-2-4-10(9)7-11/h1-8H. The van der Waals surface area contributed by atoms with E-state index in [9.17, 15) is 4.79 Å². The number of benzene rings is 2. The maximum absolute atomic E-state index is 11.2. The van der Waals surface area contributed by atoms with Gasteiger partial charge in [0.1, 0.15) is 0 Å². The molecule has 16 heavy (non-hydrogen) atoms. The second-order valence-corrected chi connectivity index (χ2v) is 5.63. The van der Waals surface area contributed by atoms with Crippen LogP contribution in [0.15, 0.2) is 52.6 Å². The van der Waals surface area contributed by atoms with Gasteiger partial charge in [0.05, 0.1) is 0 Å². The van der Waals surface area contributed by atoms with Crippen molar-refractivity contribution in [2.45, 2.75) is 0 Å². The van der Waals surface area contributed by atoms with Crippen LogP contribution in [0, 0.1) is 0 Å². The van der Waals surface area contributed by atoms with E-state index in [1.165, 1.54) is 33.4 Å². The largest absolute Gasteiger partial charge is 0.287 e. The Labute approximate surface area is 101 Å². The van der Waals surface area contributed by atoms with Gasteiger partial charge in [-0.05, 0) is 22.4 Å². The van der Waals surface area contributed by atoms with Gasteiger partial charge in [-0.3, -0.25) is 4.79 Å². The molecule has 0 fully saturated rings. The molecule has 3 aromatic rings. The van der Waals surface area contributed by atoms with E-state index in [0.717, 1.165) is 10.4 Å². The van der Waals surface area contributed by atoms with Gasteiger partial charge in [0.25, 0.3) is 4.06 Å². The van der Waals surface area contributed by atoms with Crippen LogP contribution < -0.4 is 4.06 Å². The lowest BCUT2D eigenvalue weighted by atomic mass is 10.1. The average molecular weight is 244 g/mol. The number of rotatable bonds is 1. The van der Waals surface area contributed by atoms with E-state index in [4.69, 9.17) is 0 Å². The number of hydrogen-bond acceptors (Lipinski definition) is 3. The lowest BCUT2D eigenvalue weighted by molar-refractivity contribution is 1.74. The topological polar surface area (TPSA) is 17.1 Å². The van der Waals surface area contributed by atoms with Crippen molar-refractivity contribution < 1.29 is 0 Å². The number of hydrogen-bond donors (Lipinski definition) is 0. The molecule has 1 nitrogen and oxygen atoms in total. The summed E-state index contributed by atoms with van der Waals surface area (Å²) in [5.41, 5.74) is 1.13. The Morgan fingerprint density at radius 3 is 2.50 bits per heavy atom. The maximum Gasteiger partial charge on any atom is 0.287 e. The third kappa shape index (κ3) is 1.68. The summed E-state index contributed by atoms with van der Waals surface area (Å²) in [7, 11) is 0. The van der Waals surface area contributed by atoms with E-state index in [1.807, 2.05) is 17.5 Å². The Hall–Kier alpha value is -1.45. The predicted molar refractivity (Wildman–Crippen MR) is 71.4 cm³/mol. The van der Waals surface area contributed by atoms with Gasteiger partial charge >= 0.3 is 0 Å². The van der Waals surface area contributed by atoms with Gasteiger partial charge in [-0.25, -0.2) is 0 Å². The highest BCUT2D eigenvalue weighted by molar-refractivity contribution is 7.28. The first-order chi connectivity index (χ1) is 7.83. The first-order valence-corrected chi connectivity index (χ1v) is 6.60. The molecule has 2 aromatic carbocycles. The Kier molecular flexibility index (Phi) is 2.35. The molecule has 0 unspecified atom stereocenters. The van der Waals surface area contributed by atoms with Crippen molar-refractivity contribution in [3.63, 3.8) is 0 Å². The second-order valence-electron chi connectivity index (χ2n) is 3.51. The molecule has 0 bridgehead atoms. The molecule has 0 aliphatic carbocycles. The number of fused-ring (bicyclic) bond motifs is 1. The van der Waals surface area contributed by atoms with E-state index in [-0.39, 0.29) is 4.06 Å². The van der Waals surface area contributed by atoms with Crippen molar-refractivity contribution >= 4 is 33.4 Å². The molecule has 0 aliphatic rings. The van der Waals surface area contributed by atoms with Crippen molar-refractivity contribution in [3.8, 4) is 10.4 Å². The van der Waals surface area contributed by atoms with Crippen molar-refractivity contribution in [1.82, 2.24) is 0 Å². The molecule has 3 heteroatoms. The zero-order chi connectivity index (χ0) is 11.0. The Morgan fingerprint density at radius 1 is 0.938 bits per heavy atom. The summed E-state index contributed by atoms with van der Waals surface area (Å²) in [5, 5.41) is 4.37. The maximum atomic E-state index is 11.2. The van der Waals surface area contributed by atoms with E-state index in [1.54, 1.807) is 0 Å². The van der Waals surface area contributed by atoms with Crippen LogP contribution in [-0.2, 0) is 0 Å². The van der Waals surface area contributed by atoms with Crippen molar-refractivity contribution in [3.05, 3.63) is 56.7 Å². The summed E-state index contributed by atoms with van der Waals surface area (Å²) in [4.78, 5) is 12.2. The highest BCUT2D eigenvalue weighted by atomic mass is 32.2. The van der Waals surface area contributed by atoms with Crippen LogP contribution in [0.4, 0.5) is 0 Å². The lowest BCUT2D eigenvalue weighted by Gasteiger charge is -2.00. The highest BCUT2D eigenvalue weighted by Crippen LogP contribution is 2.27. The van der Waals surface area contributed by atoms with E-state index >= 15 is 0 Å². The SMILES string of the molecule is O=c1scc(-c2ccc3ccccc3c2)s1. The summed E-state index contributed by atoms with van der Waals surface area (Å²) in [6, 6.07) is 14.5. The fourth-order valence-corrected chi connectivity index (χ4v) is 3.42. The molecular weight excluding hydrogens is 236 g/mol. The Morgan fingerprint density at radius 2 is 1.75 bits per heavy atom. The molecular formula is C13H8OS2. The van der Waals surface area contributed by atoms with Gasteiger partial charge in [0.15, 0.2) is 0 Å². The van der Waals surface area contributed by atoms with Crippen LogP contribution in [0.5, 0.6) is 0 Å². The molecule has 0 amide bonds. The van der Waals surface area contributed by atoms with Gasteiger partial charge in [0.2, 0.25) is 0 Å². The van der Waals surface area contributed by atoms with Crippen molar-refractivity contribution in [1.29, 1.82) is 0 Å². The molecule has 0 radical (unpaired) electrons. The third-order valence-corrected chi connectivity index (χ3v) is 4.46. The fourth-order valence-electron chi connectivity index (χ4n) is 1.71. The second kappa shape index (κ2) is 3.85. The summed E-state index contributed by atoms with van der Waals surface area (Å²) in [6.07, 6.45) is 0. The molecule has 0 atom stereocenters. The lowest BCUT2D eigenvalue weighted by Crippen LogP contribution is -1.77.